The third-order valence-electron chi connectivity index (χ3n) is 6.46. The summed E-state index contributed by atoms with van der Waals surface area (Å²) in [6.07, 6.45) is -0.413. The molecule has 208 valence electrons. The number of esters is 1. The van der Waals surface area contributed by atoms with Crippen molar-refractivity contribution in [1.29, 1.82) is 0 Å². The van der Waals surface area contributed by atoms with Crippen LogP contribution in [0.2, 0.25) is 0 Å². The molecule has 3 N–H and O–H groups in total. The summed E-state index contributed by atoms with van der Waals surface area (Å²) in [5.41, 5.74) is 1.23. The number of rotatable bonds is 10. The fraction of sp³-hybridized carbons (Fsp3) is 0.414. The van der Waals surface area contributed by atoms with Crippen LogP contribution in [-0.2, 0) is 30.5 Å². The number of nitrogens with one attached hydrogen (secondary N) is 2. The van der Waals surface area contributed by atoms with Crippen molar-refractivity contribution in [2.75, 3.05) is 13.1 Å². The molecule has 0 saturated carbocycles. The SMILES string of the molecule is CC(C)CC(C(=O)OCc1ccccc1)C(=O)N1CCCC(NC(=O)C(NC(=O)O)c2ccccc2)C(=O)C1. The number of amides is 3. The average molecular weight is 538 g/mol. The molecule has 2 aromatic carbocycles. The Hall–Kier alpha value is -4.21. The van der Waals surface area contributed by atoms with Crippen molar-refractivity contribution in [2.24, 2.45) is 11.8 Å². The topological polar surface area (TPSA) is 142 Å². The van der Waals surface area contributed by atoms with Gasteiger partial charge in [-0.25, -0.2) is 4.79 Å². The Morgan fingerprint density at radius 3 is 2.28 bits per heavy atom. The Bertz CT molecular complexity index is 1150. The molecule has 1 aliphatic heterocycles. The van der Waals surface area contributed by atoms with Gasteiger partial charge in [0.15, 0.2) is 5.78 Å². The fourth-order valence-electron chi connectivity index (χ4n) is 4.51. The van der Waals surface area contributed by atoms with Crippen LogP contribution in [0.1, 0.15) is 50.3 Å². The van der Waals surface area contributed by atoms with Gasteiger partial charge in [-0.2, -0.15) is 0 Å². The van der Waals surface area contributed by atoms with Crippen LogP contribution in [0, 0.1) is 11.8 Å². The number of carbonyl (C=O) groups excluding carboxylic acids is 4. The minimum atomic E-state index is -1.38. The van der Waals surface area contributed by atoms with Crippen molar-refractivity contribution in [2.45, 2.75) is 51.8 Å². The van der Waals surface area contributed by atoms with Gasteiger partial charge in [0.2, 0.25) is 11.8 Å². The van der Waals surface area contributed by atoms with Crippen molar-refractivity contribution < 1.29 is 33.8 Å². The average Bonchev–Trinajstić information content (AvgIpc) is 3.10. The normalized spacial score (nSPS) is 17.1. The molecule has 0 radical (unpaired) electrons. The highest BCUT2D eigenvalue weighted by Gasteiger charge is 2.36. The lowest BCUT2D eigenvalue weighted by Gasteiger charge is -2.26. The number of hydrogen-bond acceptors (Lipinski definition) is 6. The van der Waals surface area contributed by atoms with Crippen molar-refractivity contribution in [1.82, 2.24) is 15.5 Å². The minimum Gasteiger partial charge on any atom is -0.465 e. The lowest BCUT2D eigenvalue weighted by atomic mass is 9.95. The van der Waals surface area contributed by atoms with Gasteiger partial charge in [-0.15, -0.1) is 0 Å². The number of hydrogen-bond donors (Lipinski definition) is 3. The third-order valence-corrected chi connectivity index (χ3v) is 6.46. The first-order valence-corrected chi connectivity index (χ1v) is 13.0. The molecule has 1 aliphatic rings. The minimum absolute atomic E-state index is 0.0367. The van der Waals surface area contributed by atoms with Gasteiger partial charge in [-0.05, 0) is 36.3 Å². The number of carbonyl (C=O) groups is 5. The van der Waals surface area contributed by atoms with Crippen LogP contribution in [-0.4, -0.2) is 58.8 Å². The fourth-order valence-corrected chi connectivity index (χ4v) is 4.51. The molecular weight excluding hydrogens is 502 g/mol. The highest BCUT2D eigenvalue weighted by molar-refractivity contribution is 6.00. The van der Waals surface area contributed by atoms with E-state index in [0.29, 0.717) is 12.0 Å². The molecule has 3 atom stereocenters. The van der Waals surface area contributed by atoms with Gasteiger partial charge in [0.25, 0.3) is 0 Å². The third kappa shape index (κ3) is 8.66. The summed E-state index contributed by atoms with van der Waals surface area (Å²) in [5.74, 6) is -3.17. The van der Waals surface area contributed by atoms with E-state index in [4.69, 9.17) is 4.74 Å². The molecular formula is C29H35N3O7. The largest absolute Gasteiger partial charge is 0.465 e. The van der Waals surface area contributed by atoms with Crippen LogP contribution in [0.25, 0.3) is 0 Å². The smallest absolute Gasteiger partial charge is 0.405 e. The number of ketones is 1. The van der Waals surface area contributed by atoms with Gasteiger partial charge in [-0.1, -0.05) is 74.5 Å². The van der Waals surface area contributed by atoms with Crippen molar-refractivity contribution in [3.05, 3.63) is 71.8 Å². The molecule has 0 aliphatic carbocycles. The standard InChI is InChI=1S/C29H35N3O7/c1-19(2)16-22(28(36)39-18-20-10-5-3-6-11-20)27(35)32-15-9-14-23(24(33)17-32)30-26(34)25(31-29(37)38)21-12-7-4-8-13-21/h3-8,10-13,19,22-23,25,31H,9,14-18H2,1-2H3,(H,30,34)(H,37,38). The zero-order valence-electron chi connectivity index (χ0n) is 22.2. The number of ether oxygens (including phenoxy) is 1. The maximum absolute atomic E-state index is 13.4. The van der Waals surface area contributed by atoms with Crippen LogP contribution in [0.3, 0.4) is 0 Å². The lowest BCUT2D eigenvalue weighted by molar-refractivity contribution is -0.158. The van der Waals surface area contributed by atoms with Gasteiger partial charge in [0, 0.05) is 6.54 Å². The summed E-state index contributed by atoms with van der Waals surface area (Å²) < 4.78 is 5.45. The van der Waals surface area contributed by atoms with Crippen LogP contribution in [0.15, 0.2) is 60.7 Å². The number of carboxylic acid groups (broad SMARTS) is 1. The zero-order valence-corrected chi connectivity index (χ0v) is 22.2. The van der Waals surface area contributed by atoms with Gasteiger partial charge in [0.05, 0.1) is 12.6 Å². The Labute approximate surface area is 227 Å². The summed E-state index contributed by atoms with van der Waals surface area (Å²) in [6, 6.07) is 15.4. The van der Waals surface area contributed by atoms with Gasteiger partial charge in [-0.3, -0.25) is 19.2 Å². The highest BCUT2D eigenvalue weighted by Crippen LogP contribution is 2.21. The molecule has 1 fully saturated rings. The summed E-state index contributed by atoms with van der Waals surface area (Å²) >= 11 is 0. The summed E-state index contributed by atoms with van der Waals surface area (Å²) in [4.78, 5) is 65.1. The van der Waals surface area contributed by atoms with E-state index in [0.717, 1.165) is 5.56 Å². The molecule has 3 unspecified atom stereocenters. The maximum atomic E-state index is 13.4. The Morgan fingerprint density at radius 2 is 1.67 bits per heavy atom. The molecule has 0 spiro atoms. The van der Waals surface area contributed by atoms with Gasteiger partial charge < -0.3 is 25.4 Å². The second-order valence-corrected chi connectivity index (χ2v) is 10.00. The molecule has 3 amide bonds. The molecule has 1 saturated heterocycles. The number of nitrogens with zero attached hydrogens (tertiary/aromatic N) is 1. The maximum Gasteiger partial charge on any atom is 0.405 e. The molecule has 3 rings (SSSR count). The first kappa shape index (κ1) is 29.3. The monoisotopic (exact) mass is 537 g/mol. The predicted octanol–water partition coefficient (Wildman–Crippen LogP) is 3.08. The first-order valence-electron chi connectivity index (χ1n) is 13.0. The number of likely N-dealkylation sites (tertiary alicyclic amines) is 1. The van der Waals surface area contributed by atoms with E-state index in [1.165, 1.54) is 4.90 Å². The van der Waals surface area contributed by atoms with E-state index >= 15 is 0 Å². The quantitative estimate of drug-likeness (QED) is 0.312. The van der Waals surface area contributed by atoms with Crippen molar-refractivity contribution in [3.8, 4) is 0 Å². The molecule has 0 bridgehead atoms. The van der Waals surface area contributed by atoms with Gasteiger partial charge in [0.1, 0.15) is 18.6 Å². The van der Waals surface area contributed by atoms with E-state index in [1.807, 2.05) is 44.2 Å². The molecule has 10 nitrogen and oxygen atoms in total. The number of benzene rings is 2. The van der Waals surface area contributed by atoms with Crippen LogP contribution in [0.5, 0.6) is 0 Å². The Balaban J connectivity index is 1.66. The van der Waals surface area contributed by atoms with E-state index in [2.05, 4.69) is 10.6 Å². The predicted molar refractivity (Wildman–Crippen MR) is 142 cm³/mol. The second-order valence-electron chi connectivity index (χ2n) is 10.00. The molecule has 1 heterocycles. The Kier molecular flexibility index (Phi) is 10.6. The van der Waals surface area contributed by atoms with E-state index in [1.54, 1.807) is 30.3 Å². The van der Waals surface area contributed by atoms with E-state index in [9.17, 15) is 29.1 Å². The van der Waals surface area contributed by atoms with Crippen LogP contribution in [0.4, 0.5) is 4.79 Å². The van der Waals surface area contributed by atoms with E-state index < -0.39 is 47.7 Å². The van der Waals surface area contributed by atoms with Gasteiger partial charge >= 0.3 is 12.1 Å². The second kappa shape index (κ2) is 14.1. The summed E-state index contributed by atoms with van der Waals surface area (Å²) in [7, 11) is 0. The highest BCUT2D eigenvalue weighted by atomic mass is 16.5. The Morgan fingerprint density at radius 1 is 1.03 bits per heavy atom. The molecule has 39 heavy (non-hydrogen) atoms. The first-order chi connectivity index (χ1) is 18.7. The van der Waals surface area contributed by atoms with E-state index in [-0.39, 0.29) is 38.5 Å². The molecule has 10 heteroatoms. The summed E-state index contributed by atoms with van der Waals surface area (Å²) in [6.45, 7) is 3.82. The van der Waals surface area contributed by atoms with Crippen LogP contribution >= 0.6 is 0 Å². The van der Waals surface area contributed by atoms with Crippen LogP contribution < -0.4 is 10.6 Å². The molecule has 0 aromatic heterocycles. The lowest BCUT2D eigenvalue weighted by Crippen LogP contribution is -2.49. The number of Topliss-reactive ketones (excluding diaryl/α,β-unsaturated/α-hetero) is 1. The van der Waals surface area contributed by atoms with Crippen molar-refractivity contribution in [3.63, 3.8) is 0 Å². The molecule has 2 aromatic rings. The summed E-state index contributed by atoms with van der Waals surface area (Å²) in [5, 5.41) is 14.1. The van der Waals surface area contributed by atoms with Crippen molar-refractivity contribution >= 4 is 29.7 Å². The zero-order chi connectivity index (χ0) is 28.4.